The lowest BCUT2D eigenvalue weighted by molar-refractivity contribution is 0.0210. The molecule has 115 valence electrons. The molecule has 0 amide bonds. The zero-order valence-corrected chi connectivity index (χ0v) is 14.3. The second-order valence-corrected chi connectivity index (χ2v) is 12.5. The van der Waals surface area contributed by atoms with E-state index in [9.17, 15) is 0 Å². The van der Waals surface area contributed by atoms with Crippen LogP contribution >= 0.6 is 8.58 Å². The molecule has 0 unspecified atom stereocenters. The van der Waals surface area contributed by atoms with Crippen LogP contribution in [0.3, 0.4) is 0 Å². The molecule has 0 aromatic carbocycles. The number of rotatable bonds is 2. The van der Waals surface area contributed by atoms with E-state index in [0.29, 0.717) is 0 Å². The Balaban J connectivity index is 1.31. The lowest BCUT2D eigenvalue weighted by Crippen LogP contribution is -2.53. The van der Waals surface area contributed by atoms with Crippen LogP contribution in [0.5, 0.6) is 0 Å². The zero-order chi connectivity index (χ0) is 13.7. The van der Waals surface area contributed by atoms with Gasteiger partial charge in [-0.25, -0.2) is 0 Å². The van der Waals surface area contributed by atoms with Crippen molar-refractivity contribution in [3.8, 4) is 0 Å². The van der Waals surface area contributed by atoms with Crippen LogP contribution in [0, 0.1) is 35.5 Å². The van der Waals surface area contributed by atoms with Crippen molar-refractivity contribution in [3.63, 3.8) is 0 Å². The summed E-state index contributed by atoms with van der Waals surface area (Å²) in [6.07, 6.45) is 19.6. The van der Waals surface area contributed by atoms with Crippen molar-refractivity contribution in [2.75, 3.05) is 0 Å². The average Bonchev–Trinajstić information content (AvgIpc) is 2.33. The normalized spacial score (nSPS) is 64.0. The van der Waals surface area contributed by atoms with Gasteiger partial charge in [-0.3, -0.25) is 0 Å². The standard InChI is InChI=1S/C20H30P/c1-13-2-15-3-14(1)8-19(7-13,9-15)21-20-10-16-4-17(11-20)6-18(5-16)12-20/h13-18H,1-12H2. The molecule has 1 heteroatoms. The summed E-state index contributed by atoms with van der Waals surface area (Å²) in [6, 6.07) is 0. The molecule has 0 atom stereocenters. The van der Waals surface area contributed by atoms with E-state index < -0.39 is 0 Å². The van der Waals surface area contributed by atoms with Gasteiger partial charge in [0.1, 0.15) is 0 Å². The van der Waals surface area contributed by atoms with Gasteiger partial charge in [-0.15, -0.1) is 0 Å². The van der Waals surface area contributed by atoms with E-state index in [1.165, 1.54) is 0 Å². The van der Waals surface area contributed by atoms with Crippen molar-refractivity contribution >= 4 is 8.58 Å². The van der Waals surface area contributed by atoms with E-state index >= 15 is 0 Å². The first-order valence-electron chi connectivity index (χ1n) is 9.92. The summed E-state index contributed by atoms with van der Waals surface area (Å²) in [4.78, 5) is 0. The van der Waals surface area contributed by atoms with Crippen LogP contribution in [0.4, 0.5) is 0 Å². The summed E-state index contributed by atoms with van der Waals surface area (Å²) >= 11 is 0. The summed E-state index contributed by atoms with van der Waals surface area (Å²) < 4.78 is 0. The van der Waals surface area contributed by atoms with Crippen molar-refractivity contribution < 1.29 is 0 Å². The van der Waals surface area contributed by atoms with E-state index in [1.807, 2.05) is 8.58 Å². The maximum atomic E-state index is 2.00. The Morgan fingerprint density at radius 2 is 0.667 bits per heavy atom. The molecule has 0 aliphatic heterocycles. The average molecular weight is 301 g/mol. The summed E-state index contributed by atoms with van der Waals surface area (Å²) in [5, 5.41) is 1.64. The van der Waals surface area contributed by atoms with Gasteiger partial charge in [-0.2, -0.15) is 0 Å². The fourth-order valence-corrected chi connectivity index (χ4v) is 12.0. The van der Waals surface area contributed by atoms with Crippen LogP contribution in [0.2, 0.25) is 0 Å². The highest BCUT2D eigenvalue weighted by atomic mass is 31.1. The lowest BCUT2D eigenvalue weighted by Gasteiger charge is -2.63. The first-order chi connectivity index (χ1) is 10.2. The van der Waals surface area contributed by atoms with Crippen LogP contribution in [-0.2, 0) is 0 Å². The maximum Gasteiger partial charge on any atom is -0.00426 e. The molecule has 8 aliphatic rings. The smallest absolute Gasteiger partial charge is 0.00426 e. The second kappa shape index (κ2) is 4.09. The van der Waals surface area contributed by atoms with Gasteiger partial charge in [0.25, 0.3) is 0 Å². The van der Waals surface area contributed by atoms with Crippen molar-refractivity contribution in [1.82, 2.24) is 0 Å². The Hall–Kier alpha value is 0.430. The van der Waals surface area contributed by atoms with E-state index in [4.69, 9.17) is 0 Å². The Bertz CT molecular complexity index is 352. The van der Waals surface area contributed by atoms with Crippen molar-refractivity contribution in [1.29, 1.82) is 0 Å². The van der Waals surface area contributed by atoms with Gasteiger partial charge < -0.3 is 0 Å². The zero-order valence-electron chi connectivity index (χ0n) is 13.4. The summed E-state index contributed by atoms with van der Waals surface area (Å²) in [5.41, 5.74) is 0. The van der Waals surface area contributed by atoms with Crippen molar-refractivity contribution in [2.45, 2.75) is 87.4 Å². The molecule has 8 saturated carbocycles. The molecule has 8 rings (SSSR count). The van der Waals surface area contributed by atoms with E-state index in [2.05, 4.69) is 0 Å². The van der Waals surface area contributed by atoms with Crippen LogP contribution in [0.25, 0.3) is 0 Å². The Kier molecular flexibility index (Phi) is 2.49. The van der Waals surface area contributed by atoms with Gasteiger partial charge in [0, 0.05) is 0 Å². The first kappa shape index (κ1) is 12.8. The Labute approximate surface area is 132 Å². The largest absolute Gasteiger partial charge is 0.0671 e. The predicted molar refractivity (Wildman–Crippen MR) is 88.7 cm³/mol. The number of hydrogen-bond donors (Lipinski definition) is 0. The molecule has 0 heterocycles. The van der Waals surface area contributed by atoms with Crippen molar-refractivity contribution in [3.05, 3.63) is 0 Å². The van der Waals surface area contributed by atoms with E-state index in [-0.39, 0.29) is 0 Å². The maximum absolute atomic E-state index is 2.00. The fourth-order valence-electron chi connectivity index (χ4n) is 8.91. The Morgan fingerprint density at radius 3 is 0.905 bits per heavy atom. The van der Waals surface area contributed by atoms with Crippen LogP contribution in [0.15, 0.2) is 0 Å². The molecule has 0 spiro atoms. The third-order valence-electron chi connectivity index (χ3n) is 8.49. The lowest BCUT2D eigenvalue weighted by atomic mass is 9.55. The molecule has 0 aromatic heterocycles. The highest BCUT2D eigenvalue weighted by Crippen LogP contribution is 2.71. The Morgan fingerprint density at radius 1 is 0.429 bits per heavy atom. The molecule has 0 saturated heterocycles. The minimum absolute atomic E-state index is 0.820. The molecule has 8 fully saturated rings. The van der Waals surface area contributed by atoms with Crippen molar-refractivity contribution in [2.24, 2.45) is 35.5 Å². The van der Waals surface area contributed by atoms with Gasteiger partial charge in [-0.1, -0.05) is 8.58 Å². The van der Waals surface area contributed by atoms with Gasteiger partial charge in [0.05, 0.1) is 0 Å². The summed E-state index contributed by atoms with van der Waals surface area (Å²) in [5.74, 6) is 6.90. The number of hydrogen-bond acceptors (Lipinski definition) is 0. The molecular formula is C20H30P. The minimum atomic E-state index is 0.820. The SMILES string of the molecule is C1C2CC3CC1CC([P]C14CC5CC(CC(C5)C1)C4)(C2)C3. The predicted octanol–water partition coefficient (Wildman–Crippen LogP) is 5.87. The van der Waals surface area contributed by atoms with Gasteiger partial charge in [0.15, 0.2) is 0 Å². The molecule has 0 nitrogen and oxygen atoms in total. The second-order valence-electron chi connectivity index (χ2n) is 10.4. The molecule has 21 heavy (non-hydrogen) atoms. The van der Waals surface area contributed by atoms with E-state index in [1.54, 1.807) is 77.0 Å². The van der Waals surface area contributed by atoms with Gasteiger partial charge in [-0.05, 0) is 123 Å². The molecule has 0 N–H and O–H groups in total. The molecular weight excluding hydrogens is 271 g/mol. The minimum Gasteiger partial charge on any atom is -0.0671 e. The fraction of sp³-hybridized carbons (Fsp3) is 1.00. The summed E-state index contributed by atoms with van der Waals surface area (Å²) in [7, 11) is 2.00. The highest BCUT2D eigenvalue weighted by molar-refractivity contribution is 7.42. The van der Waals surface area contributed by atoms with Gasteiger partial charge in [0.2, 0.25) is 0 Å². The monoisotopic (exact) mass is 301 g/mol. The van der Waals surface area contributed by atoms with Crippen LogP contribution in [0.1, 0.15) is 77.0 Å². The van der Waals surface area contributed by atoms with Gasteiger partial charge >= 0.3 is 0 Å². The molecule has 8 bridgehead atoms. The van der Waals surface area contributed by atoms with E-state index in [0.717, 1.165) is 45.8 Å². The third kappa shape index (κ3) is 1.90. The van der Waals surface area contributed by atoms with Crippen LogP contribution < -0.4 is 0 Å². The molecule has 8 aliphatic carbocycles. The molecule has 1 radical (unpaired) electrons. The first-order valence-corrected chi connectivity index (χ1v) is 10.8. The third-order valence-corrected chi connectivity index (χ3v) is 10.5. The highest BCUT2D eigenvalue weighted by Gasteiger charge is 2.58. The topological polar surface area (TPSA) is 0 Å². The molecule has 0 aromatic rings. The van der Waals surface area contributed by atoms with Crippen LogP contribution in [-0.4, -0.2) is 10.3 Å². The quantitative estimate of drug-likeness (QED) is 0.559. The summed E-state index contributed by atoms with van der Waals surface area (Å²) in [6.45, 7) is 0.